The van der Waals surface area contributed by atoms with Gasteiger partial charge in [0, 0.05) is 18.7 Å². The second-order valence-corrected chi connectivity index (χ2v) is 5.50. The Morgan fingerprint density at radius 2 is 2.28 bits per heavy atom. The second kappa shape index (κ2) is 7.48. The number of carbonyl (C=O) groups is 1. The first kappa shape index (κ1) is 15.1. The van der Waals surface area contributed by atoms with E-state index < -0.39 is 0 Å². The van der Waals surface area contributed by atoms with Crippen LogP contribution in [0.4, 0.5) is 0 Å². The van der Waals surface area contributed by atoms with E-state index in [2.05, 4.69) is 24.1 Å². The van der Waals surface area contributed by atoms with Crippen molar-refractivity contribution in [2.45, 2.75) is 39.8 Å². The predicted molar refractivity (Wildman–Crippen MR) is 73.4 cm³/mol. The highest BCUT2D eigenvalue weighted by atomic mass is 32.1. The Morgan fingerprint density at radius 1 is 1.56 bits per heavy atom. The molecule has 0 aromatic carbocycles. The summed E-state index contributed by atoms with van der Waals surface area (Å²) in [5.41, 5.74) is 0. The van der Waals surface area contributed by atoms with Gasteiger partial charge in [0.2, 0.25) is 5.91 Å². The largest absolute Gasteiger partial charge is 0.380 e. The van der Waals surface area contributed by atoms with Crippen LogP contribution in [0.1, 0.15) is 32.2 Å². The van der Waals surface area contributed by atoms with Gasteiger partial charge >= 0.3 is 0 Å². The Kier molecular flexibility index (Phi) is 6.29. The minimum atomic E-state index is -0.148. The fraction of sp³-hybridized carbons (Fsp3) is 0.692. The summed E-state index contributed by atoms with van der Waals surface area (Å²) in [4.78, 5) is 16.2. The van der Waals surface area contributed by atoms with Gasteiger partial charge in [-0.1, -0.05) is 27.2 Å². The van der Waals surface area contributed by atoms with E-state index in [1.54, 1.807) is 24.6 Å². The molecule has 0 radical (unpaired) electrons. The molecule has 0 saturated heterocycles. The van der Waals surface area contributed by atoms with E-state index in [0.29, 0.717) is 12.5 Å². The van der Waals surface area contributed by atoms with E-state index in [0.717, 1.165) is 11.4 Å². The van der Waals surface area contributed by atoms with Crippen LogP contribution < -0.4 is 5.32 Å². The first-order chi connectivity index (χ1) is 8.60. The second-order valence-electron chi connectivity index (χ2n) is 4.52. The third-order valence-electron chi connectivity index (χ3n) is 3.28. The molecule has 4 nitrogen and oxygen atoms in total. The topological polar surface area (TPSA) is 51.2 Å². The molecule has 0 aliphatic heterocycles. The number of nitrogens with one attached hydrogen (secondary N) is 1. The molecule has 1 aromatic heterocycles. The number of ether oxygens (including phenoxy) is 1. The van der Waals surface area contributed by atoms with Gasteiger partial charge in [-0.25, -0.2) is 4.98 Å². The highest BCUT2D eigenvalue weighted by molar-refractivity contribution is 7.09. The molecule has 0 fully saturated rings. The molecule has 1 N–H and O–H groups in total. The van der Waals surface area contributed by atoms with Gasteiger partial charge in [-0.15, -0.1) is 11.3 Å². The van der Waals surface area contributed by atoms with Crippen LogP contribution in [0, 0.1) is 11.8 Å². The maximum atomic E-state index is 12.0. The Balaban J connectivity index is 2.49. The molecule has 102 valence electrons. The average molecular weight is 270 g/mol. The Hall–Kier alpha value is -0.940. The van der Waals surface area contributed by atoms with Crippen molar-refractivity contribution < 1.29 is 9.53 Å². The van der Waals surface area contributed by atoms with Gasteiger partial charge in [-0.05, 0) is 5.92 Å². The van der Waals surface area contributed by atoms with Crippen molar-refractivity contribution in [3.8, 4) is 0 Å². The number of rotatable bonds is 7. The Morgan fingerprint density at radius 3 is 2.78 bits per heavy atom. The van der Waals surface area contributed by atoms with Crippen LogP contribution in [0.15, 0.2) is 11.6 Å². The van der Waals surface area contributed by atoms with Crippen LogP contribution in [0.25, 0.3) is 0 Å². The zero-order valence-electron chi connectivity index (χ0n) is 11.5. The standard InChI is InChI=1S/C13H22N2O2S/c1-5-9(2)12(17-4)10(3)13(16)15-8-11-14-6-7-18-11/h6-7,9-10,12H,5,8H2,1-4H3,(H,15,16). The van der Waals surface area contributed by atoms with Gasteiger partial charge in [0.15, 0.2) is 0 Å². The van der Waals surface area contributed by atoms with Gasteiger partial charge in [0.25, 0.3) is 0 Å². The SMILES string of the molecule is CCC(C)C(OC)C(C)C(=O)NCc1nccs1. The van der Waals surface area contributed by atoms with Crippen molar-refractivity contribution >= 4 is 17.2 Å². The van der Waals surface area contributed by atoms with Crippen molar-refractivity contribution in [2.75, 3.05) is 7.11 Å². The molecule has 0 spiro atoms. The highest BCUT2D eigenvalue weighted by Gasteiger charge is 2.27. The molecule has 1 amide bonds. The van der Waals surface area contributed by atoms with E-state index in [9.17, 15) is 4.79 Å². The number of methoxy groups -OCH3 is 1. The molecule has 0 saturated carbocycles. The summed E-state index contributed by atoms with van der Waals surface area (Å²) < 4.78 is 5.45. The molecular weight excluding hydrogens is 248 g/mol. The van der Waals surface area contributed by atoms with Gasteiger partial charge in [0.1, 0.15) is 5.01 Å². The summed E-state index contributed by atoms with van der Waals surface area (Å²) in [6, 6.07) is 0. The minimum absolute atomic E-state index is 0.0253. The molecule has 3 atom stereocenters. The molecule has 1 heterocycles. The molecule has 1 rings (SSSR count). The van der Waals surface area contributed by atoms with Crippen LogP contribution in [0.2, 0.25) is 0 Å². The summed E-state index contributed by atoms with van der Waals surface area (Å²) >= 11 is 1.54. The quantitative estimate of drug-likeness (QED) is 0.828. The fourth-order valence-electron chi connectivity index (χ4n) is 1.97. The van der Waals surface area contributed by atoms with E-state index in [1.165, 1.54) is 0 Å². The first-order valence-corrected chi connectivity index (χ1v) is 7.17. The van der Waals surface area contributed by atoms with E-state index >= 15 is 0 Å². The number of carbonyl (C=O) groups excluding carboxylic acids is 1. The van der Waals surface area contributed by atoms with E-state index in [1.807, 2.05) is 12.3 Å². The van der Waals surface area contributed by atoms with Gasteiger partial charge in [0.05, 0.1) is 18.6 Å². The number of thiazole rings is 1. The fourth-order valence-corrected chi connectivity index (χ4v) is 2.53. The van der Waals surface area contributed by atoms with Crippen molar-refractivity contribution in [3.63, 3.8) is 0 Å². The first-order valence-electron chi connectivity index (χ1n) is 6.29. The highest BCUT2D eigenvalue weighted by Crippen LogP contribution is 2.19. The molecule has 5 heteroatoms. The molecular formula is C13H22N2O2S. The number of hydrogen-bond donors (Lipinski definition) is 1. The summed E-state index contributed by atoms with van der Waals surface area (Å²) in [6.45, 7) is 6.63. The van der Waals surface area contributed by atoms with E-state index in [4.69, 9.17) is 4.74 Å². The molecule has 3 unspecified atom stereocenters. The summed E-state index contributed by atoms with van der Waals surface area (Å²) in [5, 5.41) is 5.74. The maximum absolute atomic E-state index is 12.0. The maximum Gasteiger partial charge on any atom is 0.225 e. The van der Waals surface area contributed by atoms with Gasteiger partial charge < -0.3 is 10.1 Å². The molecule has 0 aliphatic rings. The average Bonchev–Trinajstić information content (AvgIpc) is 2.89. The molecule has 18 heavy (non-hydrogen) atoms. The smallest absolute Gasteiger partial charge is 0.225 e. The summed E-state index contributed by atoms with van der Waals surface area (Å²) in [7, 11) is 1.67. The molecule has 1 aromatic rings. The Bertz CT molecular complexity index is 354. The Labute approximate surface area is 113 Å². The predicted octanol–water partition coefficient (Wildman–Crippen LogP) is 2.46. The summed E-state index contributed by atoms with van der Waals surface area (Å²) in [5.74, 6) is 0.248. The van der Waals surface area contributed by atoms with E-state index in [-0.39, 0.29) is 17.9 Å². The lowest BCUT2D eigenvalue weighted by molar-refractivity contribution is -0.130. The van der Waals surface area contributed by atoms with Crippen molar-refractivity contribution in [2.24, 2.45) is 11.8 Å². The number of hydrogen-bond acceptors (Lipinski definition) is 4. The van der Waals surface area contributed by atoms with Crippen LogP contribution in [-0.4, -0.2) is 24.1 Å². The number of aromatic nitrogens is 1. The third kappa shape index (κ3) is 4.07. The third-order valence-corrected chi connectivity index (χ3v) is 4.06. The lowest BCUT2D eigenvalue weighted by atomic mass is 9.91. The van der Waals surface area contributed by atoms with Crippen LogP contribution in [0.5, 0.6) is 0 Å². The lowest BCUT2D eigenvalue weighted by Crippen LogP contribution is -2.39. The van der Waals surface area contributed by atoms with Crippen LogP contribution in [0.3, 0.4) is 0 Å². The monoisotopic (exact) mass is 270 g/mol. The number of nitrogens with zero attached hydrogens (tertiary/aromatic N) is 1. The van der Waals surface area contributed by atoms with Gasteiger partial charge in [-0.3, -0.25) is 4.79 Å². The zero-order valence-corrected chi connectivity index (χ0v) is 12.3. The molecule has 0 aliphatic carbocycles. The lowest BCUT2D eigenvalue weighted by Gasteiger charge is -2.26. The van der Waals surface area contributed by atoms with Crippen LogP contribution >= 0.6 is 11.3 Å². The van der Waals surface area contributed by atoms with Crippen molar-refractivity contribution in [3.05, 3.63) is 16.6 Å². The zero-order chi connectivity index (χ0) is 13.5. The van der Waals surface area contributed by atoms with Gasteiger partial charge in [-0.2, -0.15) is 0 Å². The van der Waals surface area contributed by atoms with Crippen molar-refractivity contribution in [1.29, 1.82) is 0 Å². The number of amides is 1. The normalized spacial score (nSPS) is 16.0. The molecule has 0 bridgehead atoms. The minimum Gasteiger partial charge on any atom is -0.380 e. The van der Waals surface area contributed by atoms with Crippen LogP contribution in [-0.2, 0) is 16.1 Å². The summed E-state index contributed by atoms with van der Waals surface area (Å²) in [6.07, 6.45) is 2.71. The van der Waals surface area contributed by atoms with Crippen molar-refractivity contribution in [1.82, 2.24) is 10.3 Å².